The number of hydrogen-bond donors (Lipinski definition) is 3. The standard InChI is InChI=1S/C21H24N6O2/c1-16-25-19(13-20(26-16)27-18-9-5-6-10-22-18)23-11-12-24-21(28)15-29-14-17-7-3-2-4-8-17/h2-10,13H,11-12,14-15H2,1H3,(H,24,28)(H2,22,23,25,26,27). The number of hydrogen-bond acceptors (Lipinski definition) is 7. The molecule has 0 bridgehead atoms. The normalized spacial score (nSPS) is 10.4. The van der Waals surface area contributed by atoms with Crippen LogP contribution in [0.3, 0.4) is 0 Å². The maximum atomic E-state index is 11.8. The van der Waals surface area contributed by atoms with Crippen molar-refractivity contribution in [2.24, 2.45) is 0 Å². The summed E-state index contributed by atoms with van der Waals surface area (Å²) >= 11 is 0. The van der Waals surface area contributed by atoms with Crippen molar-refractivity contribution in [2.75, 3.05) is 30.3 Å². The summed E-state index contributed by atoms with van der Waals surface area (Å²) in [5.74, 6) is 2.51. The second kappa shape index (κ2) is 10.7. The lowest BCUT2D eigenvalue weighted by atomic mass is 10.2. The number of rotatable bonds is 10. The van der Waals surface area contributed by atoms with E-state index in [1.54, 1.807) is 12.3 Å². The number of benzene rings is 1. The van der Waals surface area contributed by atoms with Crippen LogP contribution >= 0.6 is 0 Å². The molecule has 3 aromatic rings. The highest BCUT2D eigenvalue weighted by Crippen LogP contribution is 2.15. The van der Waals surface area contributed by atoms with Gasteiger partial charge in [-0.3, -0.25) is 4.79 Å². The van der Waals surface area contributed by atoms with Crippen LogP contribution in [-0.4, -0.2) is 40.6 Å². The van der Waals surface area contributed by atoms with E-state index < -0.39 is 0 Å². The zero-order chi connectivity index (χ0) is 20.3. The van der Waals surface area contributed by atoms with E-state index in [1.807, 2.05) is 55.5 Å². The Labute approximate surface area is 169 Å². The van der Waals surface area contributed by atoms with E-state index in [2.05, 4.69) is 30.9 Å². The van der Waals surface area contributed by atoms with Crippen molar-refractivity contribution >= 4 is 23.4 Å². The highest BCUT2D eigenvalue weighted by Gasteiger charge is 2.04. The van der Waals surface area contributed by atoms with Crippen LogP contribution in [0.4, 0.5) is 17.5 Å². The van der Waals surface area contributed by atoms with Crippen molar-refractivity contribution in [1.29, 1.82) is 0 Å². The van der Waals surface area contributed by atoms with Gasteiger partial charge in [0, 0.05) is 25.4 Å². The summed E-state index contributed by atoms with van der Waals surface area (Å²) in [7, 11) is 0. The van der Waals surface area contributed by atoms with Gasteiger partial charge in [0.1, 0.15) is 29.9 Å². The van der Waals surface area contributed by atoms with E-state index in [4.69, 9.17) is 4.74 Å². The van der Waals surface area contributed by atoms with Crippen LogP contribution in [0.2, 0.25) is 0 Å². The molecule has 3 rings (SSSR count). The second-order valence-corrected chi connectivity index (χ2v) is 6.28. The molecular weight excluding hydrogens is 368 g/mol. The summed E-state index contributed by atoms with van der Waals surface area (Å²) < 4.78 is 5.42. The van der Waals surface area contributed by atoms with Gasteiger partial charge in [-0.25, -0.2) is 15.0 Å². The number of amides is 1. The Balaban J connectivity index is 1.38. The highest BCUT2D eigenvalue weighted by atomic mass is 16.5. The molecule has 2 heterocycles. The predicted octanol–water partition coefficient (Wildman–Crippen LogP) is 2.67. The first-order chi connectivity index (χ1) is 14.2. The Morgan fingerprint density at radius 3 is 2.55 bits per heavy atom. The maximum Gasteiger partial charge on any atom is 0.246 e. The lowest BCUT2D eigenvalue weighted by Gasteiger charge is -2.10. The van der Waals surface area contributed by atoms with Gasteiger partial charge in [-0.1, -0.05) is 36.4 Å². The third-order valence-electron chi connectivity index (χ3n) is 3.86. The number of aryl methyl sites for hydroxylation is 1. The number of nitrogens with one attached hydrogen (secondary N) is 3. The van der Waals surface area contributed by atoms with Gasteiger partial charge >= 0.3 is 0 Å². The number of nitrogens with zero attached hydrogens (tertiary/aromatic N) is 3. The molecule has 0 aliphatic rings. The van der Waals surface area contributed by atoms with Crippen LogP contribution in [-0.2, 0) is 16.1 Å². The minimum absolute atomic E-state index is 0.0274. The van der Waals surface area contributed by atoms with Crippen LogP contribution < -0.4 is 16.0 Å². The average molecular weight is 392 g/mol. The number of ether oxygens (including phenoxy) is 1. The van der Waals surface area contributed by atoms with E-state index in [-0.39, 0.29) is 12.5 Å². The van der Waals surface area contributed by atoms with E-state index in [1.165, 1.54) is 0 Å². The van der Waals surface area contributed by atoms with E-state index in [0.29, 0.717) is 43.0 Å². The fourth-order valence-electron chi connectivity index (χ4n) is 2.57. The molecule has 1 amide bonds. The van der Waals surface area contributed by atoms with Gasteiger partial charge in [0.05, 0.1) is 6.61 Å². The van der Waals surface area contributed by atoms with Crippen molar-refractivity contribution < 1.29 is 9.53 Å². The molecule has 29 heavy (non-hydrogen) atoms. The summed E-state index contributed by atoms with van der Waals surface area (Å²) in [6, 6.07) is 17.2. The minimum Gasteiger partial charge on any atom is -0.368 e. The van der Waals surface area contributed by atoms with Crippen molar-refractivity contribution in [3.05, 3.63) is 72.2 Å². The Bertz CT molecular complexity index is 906. The van der Waals surface area contributed by atoms with Gasteiger partial charge in [0.25, 0.3) is 0 Å². The van der Waals surface area contributed by atoms with Gasteiger partial charge in [-0.05, 0) is 24.6 Å². The zero-order valence-electron chi connectivity index (χ0n) is 16.3. The highest BCUT2D eigenvalue weighted by molar-refractivity contribution is 5.77. The molecule has 3 N–H and O–H groups in total. The van der Waals surface area contributed by atoms with Crippen molar-refractivity contribution in [1.82, 2.24) is 20.3 Å². The molecule has 0 saturated heterocycles. The van der Waals surface area contributed by atoms with Gasteiger partial charge < -0.3 is 20.7 Å². The quantitative estimate of drug-likeness (QED) is 0.456. The Morgan fingerprint density at radius 2 is 1.76 bits per heavy atom. The van der Waals surface area contributed by atoms with Crippen LogP contribution in [0.1, 0.15) is 11.4 Å². The first-order valence-electron chi connectivity index (χ1n) is 9.35. The van der Waals surface area contributed by atoms with Crippen molar-refractivity contribution in [2.45, 2.75) is 13.5 Å². The first-order valence-corrected chi connectivity index (χ1v) is 9.35. The predicted molar refractivity (Wildman–Crippen MR) is 112 cm³/mol. The summed E-state index contributed by atoms with van der Waals surface area (Å²) in [6.07, 6.45) is 1.71. The molecule has 2 aromatic heterocycles. The SMILES string of the molecule is Cc1nc(NCCNC(=O)COCc2ccccc2)cc(Nc2ccccn2)n1. The monoisotopic (exact) mass is 392 g/mol. The minimum atomic E-state index is -0.154. The number of aromatic nitrogens is 3. The molecule has 0 fully saturated rings. The number of carbonyl (C=O) groups is 1. The van der Waals surface area contributed by atoms with Crippen LogP contribution in [0.15, 0.2) is 60.8 Å². The maximum absolute atomic E-state index is 11.8. The summed E-state index contributed by atoms with van der Waals surface area (Å²) in [5, 5.41) is 9.14. The summed E-state index contributed by atoms with van der Waals surface area (Å²) in [4.78, 5) is 24.8. The molecular formula is C21H24N6O2. The molecule has 8 nitrogen and oxygen atoms in total. The lowest BCUT2D eigenvalue weighted by Crippen LogP contribution is -2.31. The summed E-state index contributed by atoms with van der Waals surface area (Å²) in [5.41, 5.74) is 1.04. The van der Waals surface area contributed by atoms with E-state index in [0.717, 1.165) is 5.56 Å². The van der Waals surface area contributed by atoms with Crippen molar-refractivity contribution in [3.8, 4) is 0 Å². The number of anilines is 3. The average Bonchev–Trinajstić information content (AvgIpc) is 2.72. The number of pyridine rings is 1. The van der Waals surface area contributed by atoms with Gasteiger partial charge in [0.2, 0.25) is 5.91 Å². The van der Waals surface area contributed by atoms with E-state index in [9.17, 15) is 4.79 Å². The molecule has 150 valence electrons. The zero-order valence-corrected chi connectivity index (χ0v) is 16.3. The summed E-state index contributed by atoms with van der Waals surface area (Å²) in [6.45, 7) is 3.25. The topological polar surface area (TPSA) is 101 Å². The Hall–Kier alpha value is -3.52. The molecule has 0 spiro atoms. The molecule has 0 atom stereocenters. The van der Waals surface area contributed by atoms with Gasteiger partial charge in [-0.2, -0.15) is 0 Å². The third-order valence-corrected chi connectivity index (χ3v) is 3.86. The second-order valence-electron chi connectivity index (χ2n) is 6.28. The van der Waals surface area contributed by atoms with Crippen LogP contribution in [0, 0.1) is 6.92 Å². The molecule has 0 radical (unpaired) electrons. The smallest absolute Gasteiger partial charge is 0.246 e. The Morgan fingerprint density at radius 1 is 0.966 bits per heavy atom. The fraction of sp³-hybridized carbons (Fsp3) is 0.238. The molecule has 0 aliphatic heterocycles. The van der Waals surface area contributed by atoms with Crippen molar-refractivity contribution in [3.63, 3.8) is 0 Å². The van der Waals surface area contributed by atoms with Crippen LogP contribution in [0.25, 0.3) is 0 Å². The first kappa shape index (κ1) is 20.2. The molecule has 8 heteroatoms. The Kier molecular flexibility index (Phi) is 7.48. The largest absolute Gasteiger partial charge is 0.368 e. The van der Waals surface area contributed by atoms with Gasteiger partial charge in [0.15, 0.2) is 0 Å². The molecule has 0 unspecified atom stereocenters. The lowest BCUT2D eigenvalue weighted by molar-refractivity contribution is -0.126. The third kappa shape index (κ3) is 7.19. The van der Waals surface area contributed by atoms with E-state index >= 15 is 0 Å². The molecule has 0 saturated carbocycles. The number of carbonyl (C=O) groups excluding carboxylic acids is 1. The van der Waals surface area contributed by atoms with Crippen LogP contribution in [0.5, 0.6) is 0 Å². The van der Waals surface area contributed by atoms with Gasteiger partial charge in [-0.15, -0.1) is 0 Å². The molecule has 0 aliphatic carbocycles. The fourth-order valence-corrected chi connectivity index (χ4v) is 2.57. The molecule has 1 aromatic carbocycles.